The van der Waals surface area contributed by atoms with Gasteiger partial charge in [-0.15, -0.1) is 0 Å². The Bertz CT molecular complexity index is 1460. The lowest BCUT2D eigenvalue weighted by Crippen LogP contribution is -2.32. The van der Waals surface area contributed by atoms with Crippen molar-refractivity contribution in [3.05, 3.63) is 91.3 Å². The smallest absolute Gasteiger partial charge is 0.269 e. The second-order valence-corrected chi connectivity index (χ2v) is 10.5. The van der Waals surface area contributed by atoms with Crippen molar-refractivity contribution in [2.75, 3.05) is 34.0 Å². The van der Waals surface area contributed by atoms with Crippen LogP contribution in [0.2, 0.25) is 0 Å². The number of hydrogen-bond donors (Lipinski definition) is 0. The lowest BCUT2D eigenvalue weighted by Gasteiger charge is -2.15. The van der Waals surface area contributed by atoms with E-state index < -0.39 is 4.92 Å². The van der Waals surface area contributed by atoms with Gasteiger partial charge in [0.1, 0.15) is 12.4 Å². The fourth-order valence-corrected chi connectivity index (χ4v) is 5.43. The first-order valence-electron chi connectivity index (χ1n) is 12.6. The largest absolute Gasteiger partial charge is 0.497 e. The molecular weight excluding hydrogens is 614 g/mol. The van der Waals surface area contributed by atoms with E-state index in [-0.39, 0.29) is 18.2 Å². The fourth-order valence-electron chi connectivity index (χ4n) is 3.83. The number of hydrogen-bond acceptors (Lipinski definition) is 9. The number of ether oxygens (including phenoxy) is 4. The van der Waals surface area contributed by atoms with E-state index in [1.54, 1.807) is 43.4 Å². The lowest BCUT2D eigenvalue weighted by atomic mass is 10.1. The molecule has 1 heterocycles. The van der Waals surface area contributed by atoms with Crippen LogP contribution in [0.15, 0.2) is 75.0 Å². The summed E-state index contributed by atoms with van der Waals surface area (Å²) in [4.78, 5) is 30.7. The van der Waals surface area contributed by atoms with Gasteiger partial charge in [0.15, 0.2) is 16.7 Å². The molecule has 3 aromatic carbocycles. The summed E-state index contributed by atoms with van der Waals surface area (Å²) in [5.41, 5.74) is 2.21. The second-order valence-electron chi connectivity index (χ2n) is 8.63. The molecule has 0 N–H and O–H groups in total. The van der Waals surface area contributed by atoms with Gasteiger partial charge in [-0.3, -0.25) is 19.8 Å². The zero-order chi connectivity index (χ0) is 29.4. The van der Waals surface area contributed by atoms with E-state index in [0.29, 0.717) is 51.5 Å². The molecule has 4 rings (SSSR count). The Morgan fingerprint density at radius 3 is 2.44 bits per heavy atom. The number of carbonyl (C=O) groups excluding carboxylic acids is 1. The molecule has 1 aliphatic heterocycles. The van der Waals surface area contributed by atoms with Crippen LogP contribution >= 0.6 is 27.7 Å². The van der Waals surface area contributed by atoms with Crippen LogP contribution in [-0.4, -0.2) is 54.9 Å². The predicted molar refractivity (Wildman–Crippen MR) is 162 cm³/mol. The molecule has 1 fully saturated rings. The molecular formula is C29H28BrN3O7S. The number of thioether (sulfide) groups is 1. The van der Waals surface area contributed by atoms with Crippen molar-refractivity contribution in [1.82, 2.24) is 4.90 Å². The van der Waals surface area contributed by atoms with Crippen LogP contribution in [0.1, 0.15) is 18.1 Å². The molecule has 0 saturated carbocycles. The molecule has 0 aromatic heterocycles. The SMILES string of the molecule is CCOc1cc(/C=C2\SC(=Nc3ccc(OC)cc3)N(CCOC)C2=O)cc(Br)c1OCc1ccc([N+](=O)[O-])cc1. The molecule has 214 valence electrons. The summed E-state index contributed by atoms with van der Waals surface area (Å²) < 4.78 is 23.0. The van der Waals surface area contributed by atoms with E-state index in [4.69, 9.17) is 23.9 Å². The van der Waals surface area contributed by atoms with Crippen molar-refractivity contribution in [2.24, 2.45) is 4.99 Å². The summed E-state index contributed by atoms with van der Waals surface area (Å²) in [7, 11) is 3.19. The van der Waals surface area contributed by atoms with Crippen LogP contribution in [0.4, 0.5) is 11.4 Å². The Hall–Kier alpha value is -3.87. The lowest BCUT2D eigenvalue weighted by molar-refractivity contribution is -0.384. The maximum absolute atomic E-state index is 13.4. The van der Waals surface area contributed by atoms with Gasteiger partial charge in [0.05, 0.1) is 46.9 Å². The van der Waals surface area contributed by atoms with Crippen molar-refractivity contribution in [1.29, 1.82) is 0 Å². The summed E-state index contributed by atoms with van der Waals surface area (Å²) in [6.07, 6.45) is 1.79. The number of methoxy groups -OCH3 is 2. The standard InChI is InChI=1S/C29H28BrN3O7S/c1-4-39-25-16-20(15-24(30)27(25)40-18-19-5-9-22(10-6-19)33(35)36)17-26-28(34)32(13-14-37-2)29(41-26)31-21-7-11-23(38-3)12-8-21/h5-12,15-17H,4,13-14,18H2,1-3H3/b26-17-,31-29?. The van der Waals surface area contributed by atoms with E-state index in [2.05, 4.69) is 15.9 Å². The highest BCUT2D eigenvalue weighted by atomic mass is 79.9. The number of amidine groups is 1. The number of nitrogens with zero attached hydrogens (tertiary/aromatic N) is 3. The highest BCUT2D eigenvalue weighted by Crippen LogP contribution is 2.40. The summed E-state index contributed by atoms with van der Waals surface area (Å²) in [5.74, 6) is 1.53. The predicted octanol–water partition coefficient (Wildman–Crippen LogP) is 6.59. The monoisotopic (exact) mass is 641 g/mol. The minimum atomic E-state index is -0.445. The van der Waals surface area contributed by atoms with Crippen molar-refractivity contribution >= 4 is 56.2 Å². The van der Waals surface area contributed by atoms with Crippen LogP contribution in [-0.2, 0) is 16.1 Å². The third kappa shape index (κ3) is 7.66. The average Bonchev–Trinajstić information content (AvgIpc) is 3.25. The van der Waals surface area contributed by atoms with E-state index >= 15 is 0 Å². The second kappa shape index (κ2) is 14.2. The quantitative estimate of drug-likeness (QED) is 0.124. The Labute approximate surface area is 250 Å². The third-order valence-corrected chi connectivity index (χ3v) is 7.46. The van der Waals surface area contributed by atoms with Crippen LogP contribution in [0.25, 0.3) is 6.08 Å². The number of rotatable bonds is 12. The third-order valence-electron chi connectivity index (χ3n) is 5.86. The minimum absolute atomic E-state index is 0.0136. The molecule has 0 aliphatic carbocycles. The number of nitro groups is 1. The number of aliphatic imine (C=N–C) groups is 1. The van der Waals surface area contributed by atoms with Gasteiger partial charge in [-0.2, -0.15) is 0 Å². The molecule has 0 spiro atoms. The number of carbonyl (C=O) groups is 1. The summed E-state index contributed by atoms with van der Waals surface area (Å²) in [6, 6.07) is 17.1. The van der Waals surface area contributed by atoms with Gasteiger partial charge >= 0.3 is 0 Å². The maximum Gasteiger partial charge on any atom is 0.269 e. The average molecular weight is 643 g/mol. The number of amides is 1. The topological polar surface area (TPSA) is 113 Å². The Morgan fingerprint density at radius 1 is 1.07 bits per heavy atom. The molecule has 10 nitrogen and oxygen atoms in total. The van der Waals surface area contributed by atoms with Crippen molar-refractivity contribution in [3.63, 3.8) is 0 Å². The fraction of sp³-hybridized carbons (Fsp3) is 0.241. The first-order chi connectivity index (χ1) is 19.8. The van der Waals surface area contributed by atoms with Gasteiger partial charge in [-0.05, 0) is 100 Å². The minimum Gasteiger partial charge on any atom is -0.497 e. The zero-order valence-electron chi connectivity index (χ0n) is 22.7. The van der Waals surface area contributed by atoms with Crippen LogP contribution in [0.5, 0.6) is 17.2 Å². The Balaban J connectivity index is 1.59. The molecule has 12 heteroatoms. The van der Waals surface area contributed by atoms with Crippen LogP contribution in [0, 0.1) is 10.1 Å². The van der Waals surface area contributed by atoms with Crippen LogP contribution < -0.4 is 14.2 Å². The maximum atomic E-state index is 13.4. The Kier molecular flexibility index (Phi) is 10.4. The molecule has 3 aromatic rings. The van der Waals surface area contributed by atoms with Crippen molar-refractivity contribution in [2.45, 2.75) is 13.5 Å². The molecule has 0 atom stereocenters. The van der Waals surface area contributed by atoms with Gasteiger partial charge in [-0.1, -0.05) is 0 Å². The molecule has 1 aliphatic rings. The highest BCUT2D eigenvalue weighted by Gasteiger charge is 2.33. The van der Waals surface area contributed by atoms with E-state index in [9.17, 15) is 14.9 Å². The number of non-ortho nitro benzene ring substituents is 1. The molecule has 0 unspecified atom stereocenters. The van der Waals surface area contributed by atoms with E-state index in [1.165, 1.54) is 23.9 Å². The first-order valence-corrected chi connectivity index (χ1v) is 14.2. The molecule has 1 amide bonds. The summed E-state index contributed by atoms with van der Waals surface area (Å²) in [6.45, 7) is 3.17. The van der Waals surface area contributed by atoms with Crippen molar-refractivity contribution in [3.8, 4) is 17.2 Å². The summed E-state index contributed by atoms with van der Waals surface area (Å²) in [5, 5.41) is 11.5. The number of halogens is 1. The normalized spacial score (nSPS) is 15.0. The first kappa shape index (κ1) is 30.1. The van der Waals surface area contributed by atoms with Gasteiger partial charge < -0.3 is 18.9 Å². The number of nitro benzene ring substituents is 1. The molecule has 0 bridgehead atoms. The molecule has 0 radical (unpaired) electrons. The van der Waals surface area contributed by atoms with Gasteiger partial charge in [0.2, 0.25) is 0 Å². The highest BCUT2D eigenvalue weighted by molar-refractivity contribution is 9.10. The zero-order valence-corrected chi connectivity index (χ0v) is 25.1. The van der Waals surface area contributed by atoms with Gasteiger partial charge in [0, 0.05) is 19.2 Å². The van der Waals surface area contributed by atoms with Gasteiger partial charge in [-0.25, -0.2) is 4.99 Å². The number of benzene rings is 3. The van der Waals surface area contributed by atoms with Gasteiger partial charge in [0.25, 0.3) is 11.6 Å². The van der Waals surface area contributed by atoms with E-state index in [0.717, 1.165) is 16.9 Å². The summed E-state index contributed by atoms with van der Waals surface area (Å²) >= 11 is 4.86. The molecule has 41 heavy (non-hydrogen) atoms. The van der Waals surface area contributed by atoms with E-state index in [1.807, 2.05) is 37.3 Å². The Morgan fingerprint density at radius 2 is 1.80 bits per heavy atom. The van der Waals surface area contributed by atoms with Crippen molar-refractivity contribution < 1.29 is 28.7 Å². The molecule has 1 saturated heterocycles. The van der Waals surface area contributed by atoms with Crippen LogP contribution in [0.3, 0.4) is 0 Å².